The van der Waals surface area contributed by atoms with Gasteiger partial charge in [0.1, 0.15) is 0 Å². The van der Waals surface area contributed by atoms with Crippen LogP contribution in [0.25, 0.3) is 0 Å². The van der Waals surface area contributed by atoms with E-state index in [2.05, 4.69) is 6.92 Å². The van der Waals surface area contributed by atoms with E-state index in [-0.39, 0.29) is 23.6 Å². The highest BCUT2D eigenvalue weighted by atomic mass is 16.2. The number of benzene rings is 1. The van der Waals surface area contributed by atoms with Crippen molar-refractivity contribution >= 4 is 5.91 Å². The summed E-state index contributed by atoms with van der Waals surface area (Å²) < 4.78 is 1.61. The summed E-state index contributed by atoms with van der Waals surface area (Å²) in [6.07, 6.45) is 2.74. The first-order chi connectivity index (χ1) is 12.2. The summed E-state index contributed by atoms with van der Waals surface area (Å²) in [4.78, 5) is 26.2. The Labute approximate surface area is 156 Å². The number of nitrogens with zero attached hydrogens (tertiary/aromatic N) is 2. The van der Waals surface area contributed by atoms with Crippen LogP contribution >= 0.6 is 0 Å². The van der Waals surface area contributed by atoms with Crippen molar-refractivity contribution in [2.45, 2.75) is 59.0 Å². The molecule has 1 heterocycles. The monoisotopic (exact) mass is 354 g/mol. The van der Waals surface area contributed by atoms with Crippen LogP contribution < -0.4 is 5.56 Å². The number of aryl methyl sites for hydroxylation is 1. The third-order valence-corrected chi connectivity index (χ3v) is 4.76. The molecule has 1 unspecified atom stereocenters. The van der Waals surface area contributed by atoms with Gasteiger partial charge in [0, 0.05) is 37.0 Å². The van der Waals surface area contributed by atoms with Crippen LogP contribution in [0.2, 0.25) is 0 Å². The van der Waals surface area contributed by atoms with E-state index in [0.717, 1.165) is 17.5 Å². The molecule has 0 fully saturated rings. The smallest absolute Gasteiger partial charge is 0.254 e. The van der Waals surface area contributed by atoms with E-state index < -0.39 is 0 Å². The van der Waals surface area contributed by atoms with Crippen molar-refractivity contribution in [1.29, 1.82) is 0 Å². The second-order valence-corrected chi connectivity index (χ2v) is 7.61. The summed E-state index contributed by atoms with van der Waals surface area (Å²) in [5.74, 6) is 0.384. The second kappa shape index (κ2) is 8.35. The van der Waals surface area contributed by atoms with Gasteiger partial charge in [0.25, 0.3) is 5.91 Å². The standard InChI is InChI=1S/C22H30N2O2/c1-15(2)24(16(3)4)22(26)20-10-8-19(9-11-20)17(5)13-18-7-12-21(25)23(6)14-18/h7-12,14-17H,13H2,1-6H3. The number of hydrogen-bond donors (Lipinski definition) is 0. The lowest BCUT2D eigenvalue weighted by molar-refractivity contribution is 0.0643. The quantitative estimate of drug-likeness (QED) is 0.787. The molecule has 0 bridgehead atoms. The van der Waals surface area contributed by atoms with Gasteiger partial charge in [-0.05, 0) is 63.3 Å². The summed E-state index contributed by atoms with van der Waals surface area (Å²) in [6, 6.07) is 11.8. The Bertz CT molecular complexity index is 796. The van der Waals surface area contributed by atoms with Crippen molar-refractivity contribution in [3.05, 3.63) is 69.6 Å². The molecule has 0 radical (unpaired) electrons. The van der Waals surface area contributed by atoms with Gasteiger partial charge in [0.15, 0.2) is 0 Å². The first-order valence-electron chi connectivity index (χ1n) is 9.29. The van der Waals surface area contributed by atoms with Crippen LogP contribution in [0.1, 0.15) is 62.0 Å². The van der Waals surface area contributed by atoms with Crippen molar-refractivity contribution in [1.82, 2.24) is 9.47 Å². The molecule has 0 spiro atoms. The molecule has 0 N–H and O–H groups in total. The number of carbonyl (C=O) groups is 1. The highest BCUT2D eigenvalue weighted by Crippen LogP contribution is 2.21. The Balaban J connectivity index is 2.14. The largest absolute Gasteiger partial charge is 0.334 e. The van der Waals surface area contributed by atoms with E-state index in [1.807, 2.05) is 69.1 Å². The number of amides is 1. The van der Waals surface area contributed by atoms with Crippen LogP contribution in [-0.4, -0.2) is 27.5 Å². The zero-order chi connectivity index (χ0) is 19.4. The molecule has 140 valence electrons. The SMILES string of the molecule is CC(Cc1ccc(=O)n(C)c1)c1ccc(C(=O)N(C(C)C)C(C)C)cc1. The summed E-state index contributed by atoms with van der Waals surface area (Å²) >= 11 is 0. The highest BCUT2D eigenvalue weighted by Gasteiger charge is 2.21. The predicted octanol–water partition coefficient (Wildman–Crippen LogP) is 3.99. The maximum atomic E-state index is 12.8. The van der Waals surface area contributed by atoms with Gasteiger partial charge >= 0.3 is 0 Å². The molecule has 2 aromatic rings. The van der Waals surface area contributed by atoms with E-state index in [9.17, 15) is 9.59 Å². The van der Waals surface area contributed by atoms with Gasteiger partial charge in [0.05, 0.1) is 0 Å². The van der Waals surface area contributed by atoms with Crippen LogP contribution in [0.3, 0.4) is 0 Å². The molecule has 4 nitrogen and oxygen atoms in total. The Hall–Kier alpha value is -2.36. The number of aromatic nitrogens is 1. The van der Waals surface area contributed by atoms with Crippen LogP contribution in [0.15, 0.2) is 47.4 Å². The molecule has 1 atom stereocenters. The van der Waals surface area contributed by atoms with Gasteiger partial charge in [-0.2, -0.15) is 0 Å². The topological polar surface area (TPSA) is 42.3 Å². The molecule has 1 aromatic heterocycles. The molecule has 1 amide bonds. The predicted molar refractivity (Wildman–Crippen MR) is 107 cm³/mol. The summed E-state index contributed by atoms with van der Waals surface area (Å²) in [6.45, 7) is 10.3. The highest BCUT2D eigenvalue weighted by molar-refractivity contribution is 5.94. The Morgan fingerprint density at radius 2 is 1.54 bits per heavy atom. The first kappa shape index (κ1) is 20.0. The Morgan fingerprint density at radius 3 is 2.04 bits per heavy atom. The molecule has 1 aromatic carbocycles. The van der Waals surface area contributed by atoms with Crippen LogP contribution in [0, 0.1) is 0 Å². The van der Waals surface area contributed by atoms with Crippen LogP contribution in [0.4, 0.5) is 0 Å². The van der Waals surface area contributed by atoms with E-state index in [4.69, 9.17) is 0 Å². The third kappa shape index (κ3) is 4.63. The van der Waals surface area contributed by atoms with Crippen molar-refractivity contribution in [2.75, 3.05) is 0 Å². The first-order valence-corrected chi connectivity index (χ1v) is 9.29. The molecule has 4 heteroatoms. The van der Waals surface area contributed by atoms with Gasteiger partial charge in [-0.25, -0.2) is 0 Å². The molecule has 0 saturated heterocycles. The second-order valence-electron chi connectivity index (χ2n) is 7.61. The normalized spacial score (nSPS) is 12.5. The Morgan fingerprint density at radius 1 is 0.962 bits per heavy atom. The van der Waals surface area contributed by atoms with Gasteiger partial charge in [-0.15, -0.1) is 0 Å². The Kier molecular flexibility index (Phi) is 6.41. The minimum Gasteiger partial charge on any atom is -0.334 e. The number of pyridine rings is 1. The van der Waals surface area contributed by atoms with E-state index in [1.165, 1.54) is 5.56 Å². The molecule has 0 aliphatic rings. The van der Waals surface area contributed by atoms with Crippen molar-refractivity contribution < 1.29 is 4.79 Å². The lowest BCUT2D eigenvalue weighted by Crippen LogP contribution is -2.42. The fourth-order valence-corrected chi connectivity index (χ4v) is 3.41. The third-order valence-electron chi connectivity index (χ3n) is 4.76. The fraction of sp³-hybridized carbons (Fsp3) is 0.455. The average molecular weight is 354 g/mol. The summed E-state index contributed by atoms with van der Waals surface area (Å²) in [7, 11) is 1.77. The number of rotatable bonds is 6. The minimum atomic E-state index is 0.00382. The summed E-state index contributed by atoms with van der Waals surface area (Å²) in [5, 5.41) is 0. The van der Waals surface area contributed by atoms with Crippen molar-refractivity contribution in [2.24, 2.45) is 7.05 Å². The number of carbonyl (C=O) groups excluding carboxylic acids is 1. The molecule has 0 aliphatic heterocycles. The zero-order valence-corrected chi connectivity index (χ0v) is 16.7. The van der Waals surface area contributed by atoms with Gasteiger partial charge in [0.2, 0.25) is 5.56 Å². The summed E-state index contributed by atoms with van der Waals surface area (Å²) in [5.41, 5.74) is 3.05. The minimum absolute atomic E-state index is 0.00382. The van der Waals surface area contributed by atoms with E-state index in [0.29, 0.717) is 5.92 Å². The van der Waals surface area contributed by atoms with Gasteiger partial charge < -0.3 is 9.47 Å². The molecule has 0 saturated carbocycles. The average Bonchev–Trinajstić information content (AvgIpc) is 2.57. The molecule has 0 aliphatic carbocycles. The lowest BCUT2D eigenvalue weighted by atomic mass is 9.93. The lowest BCUT2D eigenvalue weighted by Gasteiger charge is -2.31. The fourth-order valence-electron chi connectivity index (χ4n) is 3.41. The van der Waals surface area contributed by atoms with E-state index in [1.54, 1.807) is 17.7 Å². The zero-order valence-electron chi connectivity index (χ0n) is 16.7. The van der Waals surface area contributed by atoms with Crippen molar-refractivity contribution in [3.63, 3.8) is 0 Å². The molecular formula is C22H30N2O2. The van der Waals surface area contributed by atoms with Crippen LogP contribution in [-0.2, 0) is 13.5 Å². The maximum Gasteiger partial charge on any atom is 0.254 e. The van der Waals surface area contributed by atoms with Crippen molar-refractivity contribution in [3.8, 4) is 0 Å². The maximum absolute atomic E-state index is 12.8. The van der Waals surface area contributed by atoms with E-state index >= 15 is 0 Å². The molecule has 26 heavy (non-hydrogen) atoms. The van der Waals surface area contributed by atoms with Gasteiger partial charge in [-0.3, -0.25) is 9.59 Å². The molecular weight excluding hydrogens is 324 g/mol. The number of hydrogen-bond acceptors (Lipinski definition) is 2. The molecule has 2 rings (SSSR count). The van der Waals surface area contributed by atoms with Crippen LogP contribution in [0.5, 0.6) is 0 Å². The van der Waals surface area contributed by atoms with Gasteiger partial charge in [-0.1, -0.05) is 25.1 Å².